The number of hydrogen-bond acceptors (Lipinski definition) is 6. The molecule has 1 aliphatic heterocycles. The van der Waals surface area contributed by atoms with Gasteiger partial charge in [-0.1, -0.05) is 48.0 Å². The maximum Gasteiger partial charge on any atom is 0.335 e. The second kappa shape index (κ2) is 10.9. The summed E-state index contributed by atoms with van der Waals surface area (Å²) in [6, 6.07) is 20.6. The quantitative estimate of drug-likeness (QED) is 0.419. The van der Waals surface area contributed by atoms with E-state index in [0.29, 0.717) is 17.0 Å². The smallest absolute Gasteiger partial charge is 0.335 e. The van der Waals surface area contributed by atoms with E-state index < -0.39 is 23.0 Å². The van der Waals surface area contributed by atoms with Gasteiger partial charge in [-0.05, 0) is 60.7 Å². The van der Waals surface area contributed by atoms with E-state index in [9.17, 15) is 19.2 Å². The molecule has 0 atom stereocenters. The van der Waals surface area contributed by atoms with Gasteiger partial charge in [0.2, 0.25) is 5.91 Å². The minimum Gasteiger partial charge on any atom is -0.488 e. The zero-order valence-corrected chi connectivity index (χ0v) is 20.1. The van der Waals surface area contributed by atoms with E-state index in [0.717, 1.165) is 27.8 Å². The number of benzene rings is 3. The molecule has 3 aromatic carbocycles. The highest BCUT2D eigenvalue weighted by Gasteiger charge is 2.36. The van der Waals surface area contributed by atoms with Gasteiger partial charge >= 0.3 is 5.97 Å². The average Bonchev–Trinajstić information content (AvgIpc) is 3.12. The van der Waals surface area contributed by atoms with Crippen molar-refractivity contribution in [2.75, 3.05) is 11.9 Å². The van der Waals surface area contributed by atoms with E-state index in [2.05, 4.69) is 5.32 Å². The van der Waals surface area contributed by atoms with Crippen LogP contribution in [-0.2, 0) is 16.2 Å². The standard InChI is InChI=1S/C27H22N2O6S/c1-17-6-12-21(13-7-17)28-24(30)15-29-25(31)23(36-27(29)34)14-20-4-2-3-5-22(20)35-16-18-8-10-19(11-9-18)26(32)33/h2-14H,15-16H2,1H3,(H,28,30)(H,32,33)/b23-14-. The van der Waals surface area contributed by atoms with E-state index in [4.69, 9.17) is 9.84 Å². The van der Waals surface area contributed by atoms with Crippen LogP contribution in [0.15, 0.2) is 77.7 Å². The molecule has 1 fully saturated rings. The lowest BCUT2D eigenvalue weighted by molar-refractivity contribution is -0.127. The van der Waals surface area contributed by atoms with Crippen LogP contribution < -0.4 is 10.1 Å². The van der Waals surface area contributed by atoms with Gasteiger partial charge in [0, 0.05) is 11.3 Å². The van der Waals surface area contributed by atoms with Crippen molar-refractivity contribution in [1.82, 2.24) is 4.90 Å². The summed E-state index contributed by atoms with van der Waals surface area (Å²) < 4.78 is 5.89. The maximum absolute atomic E-state index is 12.9. The van der Waals surface area contributed by atoms with Crippen LogP contribution in [0.3, 0.4) is 0 Å². The monoisotopic (exact) mass is 502 g/mol. The number of rotatable bonds is 8. The first-order valence-electron chi connectivity index (χ1n) is 11.0. The zero-order valence-electron chi connectivity index (χ0n) is 19.3. The molecule has 0 aromatic heterocycles. The van der Waals surface area contributed by atoms with Crippen molar-refractivity contribution in [3.8, 4) is 5.75 Å². The first-order chi connectivity index (χ1) is 17.3. The maximum atomic E-state index is 12.9. The number of para-hydroxylation sites is 1. The Labute approximate surface area is 211 Å². The van der Waals surface area contributed by atoms with Crippen molar-refractivity contribution in [3.05, 3.63) is 100.0 Å². The Bertz CT molecular complexity index is 1350. The number of anilines is 1. The summed E-state index contributed by atoms with van der Waals surface area (Å²) >= 11 is 0.762. The summed E-state index contributed by atoms with van der Waals surface area (Å²) in [5, 5.41) is 11.2. The number of nitrogens with one attached hydrogen (secondary N) is 1. The molecule has 0 unspecified atom stereocenters. The number of amides is 3. The van der Waals surface area contributed by atoms with Crippen molar-refractivity contribution in [2.24, 2.45) is 0 Å². The van der Waals surface area contributed by atoms with Crippen LogP contribution in [0.4, 0.5) is 10.5 Å². The van der Waals surface area contributed by atoms with Gasteiger partial charge in [0.1, 0.15) is 18.9 Å². The van der Waals surface area contributed by atoms with Crippen molar-refractivity contribution < 1.29 is 29.0 Å². The molecule has 2 N–H and O–H groups in total. The van der Waals surface area contributed by atoms with Gasteiger partial charge in [-0.2, -0.15) is 0 Å². The summed E-state index contributed by atoms with van der Waals surface area (Å²) in [7, 11) is 0. The highest BCUT2D eigenvalue weighted by molar-refractivity contribution is 8.18. The molecular weight excluding hydrogens is 480 g/mol. The van der Waals surface area contributed by atoms with Crippen LogP contribution in [0.1, 0.15) is 27.0 Å². The lowest BCUT2D eigenvalue weighted by Gasteiger charge is -2.12. The van der Waals surface area contributed by atoms with Crippen LogP contribution in [0, 0.1) is 6.92 Å². The minimum atomic E-state index is -1.01. The first kappa shape index (κ1) is 24.7. The Morgan fingerprint density at radius 1 is 1.00 bits per heavy atom. The predicted molar refractivity (Wildman–Crippen MR) is 137 cm³/mol. The molecule has 0 spiro atoms. The molecule has 0 radical (unpaired) electrons. The Morgan fingerprint density at radius 2 is 1.69 bits per heavy atom. The zero-order chi connectivity index (χ0) is 25.7. The Hall–Kier alpha value is -4.37. The number of carboxylic acid groups (broad SMARTS) is 1. The normalized spacial score (nSPS) is 14.2. The van der Waals surface area contributed by atoms with E-state index in [1.807, 2.05) is 19.1 Å². The second-order valence-electron chi connectivity index (χ2n) is 8.01. The Balaban J connectivity index is 1.43. The molecule has 1 aliphatic rings. The largest absolute Gasteiger partial charge is 0.488 e. The topological polar surface area (TPSA) is 113 Å². The molecular formula is C27H22N2O6S. The van der Waals surface area contributed by atoms with Gasteiger partial charge in [0.25, 0.3) is 11.1 Å². The van der Waals surface area contributed by atoms with Gasteiger partial charge in [0.05, 0.1) is 10.5 Å². The first-order valence-corrected chi connectivity index (χ1v) is 11.8. The van der Waals surface area contributed by atoms with Crippen LogP contribution in [0.25, 0.3) is 6.08 Å². The lowest BCUT2D eigenvalue weighted by Crippen LogP contribution is -2.36. The van der Waals surface area contributed by atoms with E-state index in [-0.39, 0.29) is 23.6 Å². The number of aromatic carboxylic acids is 1. The number of thioether (sulfide) groups is 1. The summed E-state index contributed by atoms with van der Waals surface area (Å²) in [4.78, 5) is 49.8. The molecule has 9 heteroatoms. The van der Waals surface area contributed by atoms with Gasteiger partial charge in [-0.15, -0.1) is 0 Å². The van der Waals surface area contributed by atoms with Gasteiger partial charge < -0.3 is 15.2 Å². The van der Waals surface area contributed by atoms with Crippen molar-refractivity contribution in [1.29, 1.82) is 0 Å². The molecule has 8 nitrogen and oxygen atoms in total. The number of imide groups is 1. The number of carboxylic acids is 1. The molecule has 3 amide bonds. The SMILES string of the molecule is Cc1ccc(NC(=O)CN2C(=O)S/C(=C\c3ccccc3OCc3ccc(C(=O)O)cc3)C2=O)cc1. The Kier molecular flexibility index (Phi) is 7.50. The van der Waals surface area contributed by atoms with Gasteiger partial charge in [-0.25, -0.2) is 4.79 Å². The molecule has 0 aliphatic carbocycles. The highest BCUT2D eigenvalue weighted by Crippen LogP contribution is 2.34. The number of aryl methyl sites for hydroxylation is 1. The summed E-state index contributed by atoms with van der Waals surface area (Å²) in [6.45, 7) is 1.73. The molecule has 3 aromatic rings. The summed E-state index contributed by atoms with van der Waals surface area (Å²) in [6.07, 6.45) is 1.56. The summed E-state index contributed by atoms with van der Waals surface area (Å²) in [5.41, 5.74) is 3.17. The molecule has 0 bridgehead atoms. The molecule has 182 valence electrons. The van der Waals surface area contributed by atoms with E-state index >= 15 is 0 Å². The number of nitrogens with zero attached hydrogens (tertiary/aromatic N) is 1. The Morgan fingerprint density at radius 3 is 2.39 bits per heavy atom. The van der Waals surface area contributed by atoms with Crippen LogP contribution in [0.2, 0.25) is 0 Å². The highest BCUT2D eigenvalue weighted by atomic mass is 32.2. The van der Waals surface area contributed by atoms with Crippen molar-refractivity contribution >= 4 is 46.5 Å². The minimum absolute atomic E-state index is 0.183. The van der Waals surface area contributed by atoms with E-state index in [1.165, 1.54) is 12.1 Å². The van der Waals surface area contributed by atoms with Crippen LogP contribution >= 0.6 is 11.8 Å². The van der Waals surface area contributed by atoms with E-state index in [1.54, 1.807) is 54.6 Å². The molecule has 1 heterocycles. The number of carbonyl (C=O) groups is 4. The molecule has 1 saturated heterocycles. The van der Waals surface area contributed by atoms with Gasteiger partial charge in [-0.3, -0.25) is 19.3 Å². The van der Waals surface area contributed by atoms with Crippen molar-refractivity contribution in [2.45, 2.75) is 13.5 Å². The molecule has 0 saturated carbocycles. The van der Waals surface area contributed by atoms with Gasteiger partial charge in [0.15, 0.2) is 0 Å². The second-order valence-corrected chi connectivity index (χ2v) is 9.00. The van der Waals surface area contributed by atoms with Crippen molar-refractivity contribution in [3.63, 3.8) is 0 Å². The number of carbonyl (C=O) groups excluding carboxylic acids is 3. The van der Waals surface area contributed by atoms with Crippen LogP contribution in [-0.4, -0.2) is 39.6 Å². The lowest BCUT2D eigenvalue weighted by atomic mass is 10.1. The van der Waals surface area contributed by atoms with Crippen LogP contribution in [0.5, 0.6) is 5.75 Å². The third-order valence-corrected chi connectivity index (χ3v) is 6.22. The fraction of sp³-hybridized carbons (Fsp3) is 0.111. The summed E-state index contributed by atoms with van der Waals surface area (Å²) in [5.74, 6) is -1.54. The number of ether oxygens (including phenoxy) is 1. The number of hydrogen-bond donors (Lipinski definition) is 2. The third-order valence-electron chi connectivity index (χ3n) is 5.31. The average molecular weight is 503 g/mol. The molecule has 4 rings (SSSR count). The molecule has 36 heavy (non-hydrogen) atoms. The fourth-order valence-electron chi connectivity index (χ4n) is 3.39. The third kappa shape index (κ3) is 6.00. The predicted octanol–water partition coefficient (Wildman–Crippen LogP) is 4.95. The fourth-order valence-corrected chi connectivity index (χ4v) is 4.22.